The molecule has 0 bridgehead atoms. The molecular weight excluding hydrogens is 318 g/mol. The van der Waals surface area contributed by atoms with Crippen molar-refractivity contribution in [2.75, 3.05) is 20.3 Å². The average molecular weight is 354 g/mol. The largest absolute Gasteiger partial charge is 0.459 e. The van der Waals surface area contributed by atoms with Gasteiger partial charge in [-0.05, 0) is 43.6 Å². The quantitative estimate of drug-likeness (QED) is 0.679. The molecule has 144 valence electrons. The van der Waals surface area contributed by atoms with Gasteiger partial charge in [0, 0.05) is 26.1 Å². The molecule has 1 aliphatic carbocycles. The standard InChI is InChI=1S/C20H35NO4/c1-15(2)16-13-18(25-19(14-16)24-12-8-7-11-22)20(23)21(3)17-9-5-4-6-10-17/h13,15-17,19,22H,4-12,14H2,1-3H3/t16-,19+/m0/s1. The van der Waals surface area contributed by atoms with Crippen LogP contribution in [0.1, 0.15) is 65.2 Å². The smallest absolute Gasteiger partial charge is 0.288 e. The topological polar surface area (TPSA) is 59.0 Å². The molecule has 5 nitrogen and oxygen atoms in total. The molecule has 1 saturated carbocycles. The van der Waals surface area contributed by atoms with E-state index in [1.165, 1.54) is 19.3 Å². The van der Waals surface area contributed by atoms with Crippen LogP contribution < -0.4 is 0 Å². The Bertz CT molecular complexity index is 443. The first kappa shape index (κ1) is 20.2. The van der Waals surface area contributed by atoms with Crippen molar-refractivity contribution in [3.05, 3.63) is 11.8 Å². The predicted octanol–water partition coefficient (Wildman–Crippen LogP) is 3.47. The number of nitrogens with zero attached hydrogens (tertiary/aromatic N) is 1. The highest BCUT2D eigenvalue weighted by atomic mass is 16.7. The number of unbranched alkanes of at least 4 members (excludes halogenated alkanes) is 1. The van der Waals surface area contributed by atoms with Crippen molar-refractivity contribution in [1.29, 1.82) is 0 Å². The Morgan fingerprint density at radius 3 is 2.68 bits per heavy atom. The summed E-state index contributed by atoms with van der Waals surface area (Å²) in [4.78, 5) is 14.8. The Morgan fingerprint density at radius 2 is 2.04 bits per heavy atom. The van der Waals surface area contributed by atoms with Gasteiger partial charge in [0.1, 0.15) is 0 Å². The summed E-state index contributed by atoms with van der Waals surface area (Å²) < 4.78 is 11.7. The molecule has 2 rings (SSSR count). The average Bonchev–Trinajstić information content (AvgIpc) is 2.64. The Morgan fingerprint density at radius 1 is 1.32 bits per heavy atom. The number of aliphatic hydroxyl groups is 1. The predicted molar refractivity (Wildman–Crippen MR) is 97.8 cm³/mol. The van der Waals surface area contributed by atoms with Gasteiger partial charge < -0.3 is 19.5 Å². The summed E-state index contributed by atoms with van der Waals surface area (Å²) in [6, 6.07) is 0.328. The van der Waals surface area contributed by atoms with Crippen molar-refractivity contribution in [2.45, 2.75) is 77.5 Å². The van der Waals surface area contributed by atoms with Crippen LogP contribution in [-0.4, -0.2) is 48.5 Å². The molecule has 2 aliphatic rings. The lowest BCUT2D eigenvalue weighted by molar-refractivity contribution is -0.157. The fourth-order valence-electron chi connectivity index (χ4n) is 3.64. The molecule has 2 atom stereocenters. The second-order valence-electron chi connectivity index (χ2n) is 7.73. The normalized spacial score (nSPS) is 24.8. The molecule has 0 unspecified atom stereocenters. The number of hydrogen-bond acceptors (Lipinski definition) is 4. The lowest BCUT2D eigenvalue weighted by Crippen LogP contribution is -2.41. The summed E-state index contributed by atoms with van der Waals surface area (Å²) in [5.41, 5.74) is 0. The zero-order valence-electron chi connectivity index (χ0n) is 16.1. The van der Waals surface area contributed by atoms with Crippen LogP contribution in [0.3, 0.4) is 0 Å². The van der Waals surface area contributed by atoms with Crippen molar-refractivity contribution in [2.24, 2.45) is 11.8 Å². The van der Waals surface area contributed by atoms with Gasteiger partial charge in [0.05, 0.1) is 6.61 Å². The van der Waals surface area contributed by atoms with Gasteiger partial charge in [0.25, 0.3) is 5.91 Å². The molecule has 1 heterocycles. The summed E-state index contributed by atoms with van der Waals surface area (Å²) in [6.45, 7) is 5.07. The number of allylic oxidation sites excluding steroid dienone is 1. The van der Waals surface area contributed by atoms with Crippen LogP contribution >= 0.6 is 0 Å². The van der Waals surface area contributed by atoms with Gasteiger partial charge in [0.15, 0.2) is 5.76 Å². The fourth-order valence-corrected chi connectivity index (χ4v) is 3.64. The maximum absolute atomic E-state index is 12.9. The zero-order chi connectivity index (χ0) is 18.2. The van der Waals surface area contributed by atoms with Crippen LogP contribution in [0.25, 0.3) is 0 Å². The maximum Gasteiger partial charge on any atom is 0.288 e. The number of carbonyl (C=O) groups excluding carboxylic acids is 1. The van der Waals surface area contributed by atoms with E-state index >= 15 is 0 Å². The molecule has 0 aromatic heterocycles. The number of rotatable bonds is 8. The molecule has 5 heteroatoms. The molecule has 1 fully saturated rings. The van der Waals surface area contributed by atoms with E-state index in [-0.39, 0.29) is 24.7 Å². The van der Waals surface area contributed by atoms with Crippen molar-refractivity contribution < 1.29 is 19.4 Å². The van der Waals surface area contributed by atoms with E-state index < -0.39 is 0 Å². The van der Waals surface area contributed by atoms with Crippen LogP contribution in [0.2, 0.25) is 0 Å². The van der Waals surface area contributed by atoms with Crippen molar-refractivity contribution >= 4 is 5.91 Å². The summed E-state index contributed by atoms with van der Waals surface area (Å²) in [5, 5.41) is 8.87. The first-order valence-corrected chi connectivity index (χ1v) is 9.91. The zero-order valence-corrected chi connectivity index (χ0v) is 16.1. The Labute approximate surface area is 152 Å². The van der Waals surface area contributed by atoms with Gasteiger partial charge in [-0.2, -0.15) is 0 Å². The first-order chi connectivity index (χ1) is 12.0. The second-order valence-corrected chi connectivity index (χ2v) is 7.73. The molecule has 0 aromatic carbocycles. The van der Waals surface area contributed by atoms with Gasteiger partial charge >= 0.3 is 0 Å². The lowest BCUT2D eigenvalue weighted by Gasteiger charge is -2.35. The van der Waals surface area contributed by atoms with Gasteiger partial charge in [-0.25, -0.2) is 0 Å². The van der Waals surface area contributed by atoms with Crippen LogP contribution in [0, 0.1) is 11.8 Å². The minimum absolute atomic E-state index is 0.0128. The molecule has 0 radical (unpaired) electrons. The van der Waals surface area contributed by atoms with Gasteiger partial charge in [-0.1, -0.05) is 33.1 Å². The highest BCUT2D eigenvalue weighted by Crippen LogP contribution is 2.30. The number of hydrogen-bond donors (Lipinski definition) is 1. The summed E-state index contributed by atoms with van der Waals surface area (Å²) in [5.74, 6) is 1.16. The fraction of sp³-hybridized carbons (Fsp3) is 0.850. The number of ether oxygens (including phenoxy) is 2. The van der Waals surface area contributed by atoms with Crippen molar-refractivity contribution in [3.8, 4) is 0 Å². The molecule has 1 N–H and O–H groups in total. The third-order valence-electron chi connectivity index (χ3n) is 5.45. The van der Waals surface area contributed by atoms with Crippen LogP contribution in [-0.2, 0) is 14.3 Å². The molecule has 25 heavy (non-hydrogen) atoms. The van der Waals surface area contributed by atoms with E-state index in [2.05, 4.69) is 13.8 Å². The molecule has 0 saturated heterocycles. The van der Waals surface area contributed by atoms with Gasteiger partial charge in [-0.3, -0.25) is 4.79 Å². The lowest BCUT2D eigenvalue weighted by atomic mass is 9.89. The Kier molecular flexibility index (Phi) is 8.24. The number of carbonyl (C=O) groups is 1. The Balaban J connectivity index is 1.98. The van der Waals surface area contributed by atoms with Crippen LogP contribution in [0.5, 0.6) is 0 Å². The van der Waals surface area contributed by atoms with E-state index in [1.54, 1.807) is 0 Å². The van der Waals surface area contributed by atoms with E-state index in [0.29, 0.717) is 24.3 Å². The van der Waals surface area contributed by atoms with E-state index in [9.17, 15) is 4.79 Å². The number of likely N-dealkylation sites (N-methyl/N-ethyl adjacent to an activating group) is 1. The first-order valence-electron chi connectivity index (χ1n) is 9.91. The van der Waals surface area contributed by atoms with Crippen LogP contribution in [0.4, 0.5) is 0 Å². The van der Waals surface area contributed by atoms with E-state index in [0.717, 1.165) is 32.1 Å². The highest BCUT2D eigenvalue weighted by Gasteiger charge is 2.32. The summed E-state index contributed by atoms with van der Waals surface area (Å²) in [7, 11) is 1.90. The van der Waals surface area contributed by atoms with Gasteiger partial charge in [0.2, 0.25) is 6.29 Å². The molecule has 0 spiro atoms. The molecule has 1 aliphatic heterocycles. The summed E-state index contributed by atoms with van der Waals surface area (Å²) in [6.07, 6.45) is 9.80. The maximum atomic E-state index is 12.9. The Hall–Kier alpha value is -1.07. The SMILES string of the molecule is CC(C)[C@H]1C=C(C(=O)N(C)C2CCCCC2)O[C@@H](OCCCCO)C1. The third-order valence-corrected chi connectivity index (χ3v) is 5.45. The van der Waals surface area contributed by atoms with Gasteiger partial charge in [-0.15, -0.1) is 0 Å². The van der Waals surface area contributed by atoms with Crippen molar-refractivity contribution in [3.63, 3.8) is 0 Å². The monoisotopic (exact) mass is 353 g/mol. The van der Waals surface area contributed by atoms with Crippen LogP contribution in [0.15, 0.2) is 11.8 Å². The highest BCUT2D eigenvalue weighted by molar-refractivity contribution is 5.91. The third kappa shape index (κ3) is 6.00. The minimum atomic E-state index is -0.366. The molecule has 0 aromatic rings. The van der Waals surface area contributed by atoms with E-state index in [4.69, 9.17) is 14.6 Å². The number of amides is 1. The van der Waals surface area contributed by atoms with E-state index in [1.807, 2.05) is 18.0 Å². The summed E-state index contributed by atoms with van der Waals surface area (Å²) >= 11 is 0. The minimum Gasteiger partial charge on any atom is -0.459 e. The molecular formula is C20H35NO4. The van der Waals surface area contributed by atoms with Crippen molar-refractivity contribution in [1.82, 2.24) is 4.90 Å². The molecule has 1 amide bonds. The second kappa shape index (κ2) is 10.2. The number of aliphatic hydroxyl groups excluding tert-OH is 1.